The van der Waals surface area contributed by atoms with Crippen LogP contribution in [0.4, 0.5) is 0 Å². The van der Waals surface area contributed by atoms with Crippen LogP contribution in [0.2, 0.25) is 5.02 Å². The van der Waals surface area contributed by atoms with Crippen molar-refractivity contribution in [3.63, 3.8) is 0 Å². The van der Waals surface area contributed by atoms with Gasteiger partial charge in [-0.3, -0.25) is 4.79 Å². The fraction of sp³-hybridized carbons (Fsp3) is 0.250. The molecule has 0 unspecified atom stereocenters. The van der Waals surface area contributed by atoms with E-state index in [-0.39, 0.29) is 36.4 Å². The molecule has 0 amide bonds. The fourth-order valence-corrected chi connectivity index (χ4v) is 3.62. The van der Waals surface area contributed by atoms with Gasteiger partial charge in [0.2, 0.25) is 6.79 Å². The van der Waals surface area contributed by atoms with Crippen LogP contribution in [0.5, 0.6) is 17.2 Å². The smallest absolute Gasteiger partial charge is 0.334 e. The second kappa shape index (κ2) is 8.96. The molecule has 32 heavy (non-hydrogen) atoms. The molecular formula is C24H21ClO7. The van der Waals surface area contributed by atoms with E-state index in [9.17, 15) is 9.59 Å². The lowest BCUT2D eigenvalue weighted by molar-refractivity contribution is -0.138. The summed E-state index contributed by atoms with van der Waals surface area (Å²) in [5, 5.41) is 0.792. The molecule has 0 saturated heterocycles. The summed E-state index contributed by atoms with van der Waals surface area (Å²) in [6, 6.07) is 6.73. The van der Waals surface area contributed by atoms with Crippen LogP contribution in [0, 0.1) is 6.92 Å². The monoisotopic (exact) mass is 456 g/mol. The van der Waals surface area contributed by atoms with Gasteiger partial charge in [-0.05, 0) is 43.7 Å². The first-order valence-corrected chi connectivity index (χ1v) is 10.3. The maximum Gasteiger partial charge on any atom is 0.334 e. The van der Waals surface area contributed by atoms with E-state index >= 15 is 0 Å². The zero-order chi connectivity index (χ0) is 22.8. The molecule has 3 aromatic rings. The molecule has 0 aliphatic carbocycles. The summed E-state index contributed by atoms with van der Waals surface area (Å²) >= 11 is 6.19. The van der Waals surface area contributed by atoms with Gasteiger partial charge in [-0.1, -0.05) is 11.6 Å². The SMILES string of the molecule is CCOC(=O)C(=Cc1coc2cc(C)c(Cl)cc2c1=O)Cc1cc2c(cc1OC)OCO2. The van der Waals surface area contributed by atoms with Gasteiger partial charge in [0.25, 0.3) is 0 Å². The lowest BCUT2D eigenvalue weighted by Crippen LogP contribution is -2.12. The number of hydrogen-bond donors (Lipinski definition) is 0. The normalized spacial score (nSPS) is 12.8. The molecule has 166 valence electrons. The lowest BCUT2D eigenvalue weighted by atomic mass is 10.0. The Kier molecular flexibility index (Phi) is 6.10. The highest BCUT2D eigenvalue weighted by Crippen LogP contribution is 2.39. The standard InChI is InChI=1S/C24H21ClO7/c1-4-29-24(27)15(6-14-8-21-22(32-12-31-21)10-19(14)28-3)7-16-11-30-20-5-13(2)18(25)9-17(20)23(16)26/h5,7-11H,4,6,12H2,1-3H3. The van der Waals surface area contributed by atoms with E-state index in [1.54, 1.807) is 31.2 Å². The summed E-state index contributed by atoms with van der Waals surface area (Å²) in [6.07, 6.45) is 2.94. The van der Waals surface area contributed by atoms with Gasteiger partial charge in [0, 0.05) is 28.6 Å². The van der Waals surface area contributed by atoms with Crippen LogP contribution in [-0.4, -0.2) is 26.5 Å². The van der Waals surface area contributed by atoms with E-state index in [1.807, 2.05) is 6.92 Å². The van der Waals surface area contributed by atoms with Gasteiger partial charge < -0.3 is 23.4 Å². The van der Waals surface area contributed by atoms with Crippen LogP contribution in [-0.2, 0) is 16.0 Å². The van der Waals surface area contributed by atoms with Gasteiger partial charge in [0.15, 0.2) is 16.9 Å². The van der Waals surface area contributed by atoms with E-state index < -0.39 is 5.97 Å². The number of rotatable bonds is 6. The highest BCUT2D eigenvalue weighted by atomic mass is 35.5. The number of hydrogen-bond acceptors (Lipinski definition) is 7. The molecule has 0 bridgehead atoms. The Labute approximate surface area is 189 Å². The lowest BCUT2D eigenvalue weighted by Gasteiger charge is -2.12. The first-order chi connectivity index (χ1) is 15.4. The molecule has 2 heterocycles. The van der Waals surface area contributed by atoms with E-state index in [4.69, 9.17) is 35.0 Å². The minimum Gasteiger partial charge on any atom is -0.496 e. The van der Waals surface area contributed by atoms with Crippen LogP contribution < -0.4 is 19.6 Å². The number of ether oxygens (including phenoxy) is 4. The minimum absolute atomic E-state index is 0.114. The Morgan fingerprint density at radius 3 is 2.66 bits per heavy atom. The summed E-state index contributed by atoms with van der Waals surface area (Å²) in [7, 11) is 1.53. The van der Waals surface area contributed by atoms with Crippen LogP contribution in [0.1, 0.15) is 23.6 Å². The first-order valence-electron chi connectivity index (χ1n) is 9.97. The molecule has 0 N–H and O–H groups in total. The molecule has 1 aromatic heterocycles. The van der Waals surface area contributed by atoms with Crippen molar-refractivity contribution < 1.29 is 28.2 Å². The van der Waals surface area contributed by atoms with Crippen molar-refractivity contribution in [3.8, 4) is 17.2 Å². The van der Waals surface area contributed by atoms with Gasteiger partial charge in [-0.25, -0.2) is 4.79 Å². The van der Waals surface area contributed by atoms with Crippen molar-refractivity contribution in [1.29, 1.82) is 0 Å². The van der Waals surface area contributed by atoms with E-state index in [1.165, 1.54) is 19.4 Å². The van der Waals surface area contributed by atoms with Crippen LogP contribution in [0.25, 0.3) is 17.0 Å². The van der Waals surface area contributed by atoms with Crippen molar-refractivity contribution in [2.75, 3.05) is 20.5 Å². The number of aryl methyl sites for hydroxylation is 1. The van der Waals surface area contributed by atoms with Crippen molar-refractivity contribution in [3.05, 3.63) is 68.0 Å². The molecule has 0 spiro atoms. The molecule has 2 aromatic carbocycles. The number of halogens is 1. The topological polar surface area (TPSA) is 84.2 Å². The Morgan fingerprint density at radius 2 is 1.94 bits per heavy atom. The molecular weight excluding hydrogens is 436 g/mol. The van der Waals surface area contributed by atoms with Crippen molar-refractivity contribution >= 4 is 34.6 Å². The number of carbonyl (C=O) groups is 1. The Bertz CT molecular complexity index is 1290. The summed E-state index contributed by atoms with van der Waals surface area (Å²) in [4.78, 5) is 25.8. The summed E-state index contributed by atoms with van der Waals surface area (Å²) in [5.74, 6) is 1.10. The summed E-state index contributed by atoms with van der Waals surface area (Å²) in [6.45, 7) is 3.84. The average Bonchev–Trinajstić information content (AvgIpc) is 3.23. The minimum atomic E-state index is -0.548. The molecule has 1 aliphatic rings. The summed E-state index contributed by atoms with van der Waals surface area (Å²) in [5.41, 5.74) is 2.07. The van der Waals surface area contributed by atoms with Crippen LogP contribution in [0.3, 0.4) is 0 Å². The van der Waals surface area contributed by atoms with E-state index in [2.05, 4.69) is 0 Å². The molecule has 0 saturated carbocycles. The Hall–Kier alpha value is -3.45. The maximum atomic E-state index is 13.1. The number of fused-ring (bicyclic) bond motifs is 2. The van der Waals surface area contributed by atoms with Gasteiger partial charge in [-0.2, -0.15) is 0 Å². The number of methoxy groups -OCH3 is 1. The fourth-order valence-electron chi connectivity index (χ4n) is 3.46. The molecule has 0 radical (unpaired) electrons. The highest BCUT2D eigenvalue weighted by Gasteiger charge is 2.21. The first kappa shape index (κ1) is 21.8. The zero-order valence-corrected chi connectivity index (χ0v) is 18.6. The van der Waals surface area contributed by atoms with Gasteiger partial charge in [0.05, 0.1) is 24.7 Å². The number of esters is 1. The Morgan fingerprint density at radius 1 is 1.19 bits per heavy atom. The van der Waals surface area contributed by atoms with Crippen molar-refractivity contribution in [2.24, 2.45) is 0 Å². The van der Waals surface area contributed by atoms with Crippen LogP contribution in [0.15, 0.2) is 45.3 Å². The summed E-state index contributed by atoms with van der Waals surface area (Å²) < 4.78 is 27.1. The predicted octanol–water partition coefficient (Wildman–Crippen LogP) is 4.68. The second-order valence-corrected chi connectivity index (χ2v) is 7.61. The Balaban J connectivity index is 1.80. The largest absolute Gasteiger partial charge is 0.496 e. The predicted molar refractivity (Wildman–Crippen MR) is 120 cm³/mol. The van der Waals surface area contributed by atoms with Crippen molar-refractivity contribution in [2.45, 2.75) is 20.3 Å². The molecule has 4 rings (SSSR count). The average molecular weight is 457 g/mol. The molecule has 7 nitrogen and oxygen atoms in total. The van der Waals surface area contributed by atoms with Gasteiger partial charge >= 0.3 is 5.97 Å². The molecule has 0 atom stereocenters. The van der Waals surface area contributed by atoms with E-state index in [0.717, 1.165) is 5.56 Å². The molecule has 8 heteroatoms. The van der Waals surface area contributed by atoms with Gasteiger partial charge in [-0.15, -0.1) is 0 Å². The molecule has 1 aliphatic heterocycles. The third kappa shape index (κ3) is 4.16. The van der Waals surface area contributed by atoms with Gasteiger partial charge in [0.1, 0.15) is 17.6 Å². The third-order valence-electron chi connectivity index (χ3n) is 5.10. The zero-order valence-electron chi connectivity index (χ0n) is 17.8. The van der Waals surface area contributed by atoms with E-state index in [0.29, 0.717) is 38.8 Å². The highest BCUT2D eigenvalue weighted by molar-refractivity contribution is 6.32. The molecule has 0 fully saturated rings. The van der Waals surface area contributed by atoms with Crippen LogP contribution >= 0.6 is 11.6 Å². The van der Waals surface area contributed by atoms with Crippen molar-refractivity contribution in [1.82, 2.24) is 0 Å². The third-order valence-corrected chi connectivity index (χ3v) is 5.51. The second-order valence-electron chi connectivity index (χ2n) is 7.20. The maximum absolute atomic E-state index is 13.1. The number of carbonyl (C=O) groups excluding carboxylic acids is 1. The number of benzene rings is 2. The quantitative estimate of drug-likeness (QED) is 0.393.